The molecule has 0 spiro atoms. The molecule has 0 aliphatic carbocycles. The summed E-state index contributed by atoms with van der Waals surface area (Å²) < 4.78 is 4.67. The Hall–Kier alpha value is -1.88. The van der Waals surface area contributed by atoms with E-state index in [0.29, 0.717) is 6.42 Å². The van der Waals surface area contributed by atoms with Gasteiger partial charge in [-0.1, -0.05) is 18.2 Å². The molecule has 0 bridgehead atoms. The molecule has 3 N–H and O–H groups in total. The van der Waals surface area contributed by atoms with Crippen molar-refractivity contribution in [2.75, 3.05) is 7.11 Å². The summed E-state index contributed by atoms with van der Waals surface area (Å²) in [5.41, 5.74) is 6.57. The molecule has 2 rings (SSSR count). The van der Waals surface area contributed by atoms with Gasteiger partial charge in [0.15, 0.2) is 0 Å². The molecule has 0 saturated heterocycles. The van der Waals surface area contributed by atoms with Crippen molar-refractivity contribution in [3.8, 4) is 0 Å². The normalized spacial score (nSPS) is 14.5. The van der Waals surface area contributed by atoms with E-state index >= 15 is 0 Å². The molecule has 0 aliphatic heterocycles. The number of aromatic amines is 1. The predicted octanol–water partition coefficient (Wildman–Crippen LogP) is 0.996. The van der Waals surface area contributed by atoms with Crippen molar-refractivity contribution >= 4 is 16.9 Å². The zero-order chi connectivity index (χ0) is 12.5. The van der Waals surface area contributed by atoms with Crippen molar-refractivity contribution in [2.45, 2.75) is 18.9 Å². The number of para-hydroxylation sites is 1. The maximum atomic E-state index is 11.5. The lowest BCUT2D eigenvalue weighted by molar-refractivity contribution is -0.146. The number of esters is 1. The highest BCUT2D eigenvalue weighted by atomic mass is 16.5. The first-order chi connectivity index (χ1) is 8.04. The molecule has 17 heavy (non-hydrogen) atoms. The SMILES string of the molecule is COC(=O)C(C)(N)Cc1n[nH]c2ccccc12. The molecule has 5 nitrogen and oxygen atoms in total. The summed E-state index contributed by atoms with van der Waals surface area (Å²) >= 11 is 0. The van der Waals surface area contributed by atoms with Gasteiger partial charge in [0.2, 0.25) is 0 Å². The second-order valence-corrected chi connectivity index (χ2v) is 4.30. The number of nitrogens with two attached hydrogens (primary N) is 1. The molecule has 1 aromatic carbocycles. The Balaban J connectivity index is 2.33. The number of carbonyl (C=O) groups is 1. The number of nitrogens with zero attached hydrogens (tertiary/aromatic N) is 1. The maximum Gasteiger partial charge on any atom is 0.325 e. The summed E-state index contributed by atoms with van der Waals surface area (Å²) in [6.45, 7) is 1.64. The number of aromatic nitrogens is 2. The molecule has 2 aromatic rings. The van der Waals surface area contributed by atoms with Crippen molar-refractivity contribution in [1.29, 1.82) is 0 Å². The van der Waals surface area contributed by atoms with E-state index in [2.05, 4.69) is 14.9 Å². The van der Waals surface area contributed by atoms with E-state index < -0.39 is 11.5 Å². The Morgan fingerprint density at radius 2 is 2.24 bits per heavy atom. The number of H-pyrrole nitrogens is 1. The number of hydrogen-bond donors (Lipinski definition) is 2. The topological polar surface area (TPSA) is 81.0 Å². The molecule has 0 saturated carbocycles. The average molecular weight is 233 g/mol. The molecule has 0 aliphatic rings. The Kier molecular flexibility index (Phi) is 2.85. The first-order valence-corrected chi connectivity index (χ1v) is 5.34. The first-order valence-electron chi connectivity index (χ1n) is 5.34. The van der Waals surface area contributed by atoms with E-state index in [9.17, 15) is 4.79 Å². The molecule has 1 heterocycles. The summed E-state index contributed by atoms with van der Waals surface area (Å²) in [6, 6.07) is 7.72. The van der Waals surface area contributed by atoms with Gasteiger partial charge in [-0.25, -0.2) is 0 Å². The van der Waals surface area contributed by atoms with E-state index in [4.69, 9.17) is 5.73 Å². The van der Waals surface area contributed by atoms with Crippen LogP contribution in [-0.2, 0) is 16.0 Å². The summed E-state index contributed by atoms with van der Waals surface area (Å²) in [6.07, 6.45) is 0.337. The van der Waals surface area contributed by atoms with Crippen molar-refractivity contribution in [2.24, 2.45) is 5.73 Å². The van der Waals surface area contributed by atoms with Crippen LogP contribution in [0.2, 0.25) is 0 Å². The van der Waals surface area contributed by atoms with Crippen molar-refractivity contribution < 1.29 is 9.53 Å². The monoisotopic (exact) mass is 233 g/mol. The van der Waals surface area contributed by atoms with E-state index in [1.54, 1.807) is 6.92 Å². The van der Waals surface area contributed by atoms with Gasteiger partial charge in [0, 0.05) is 11.8 Å². The van der Waals surface area contributed by atoms with Crippen molar-refractivity contribution in [3.63, 3.8) is 0 Å². The van der Waals surface area contributed by atoms with Crippen LogP contribution in [0, 0.1) is 0 Å². The van der Waals surface area contributed by atoms with Crippen LogP contribution in [0.4, 0.5) is 0 Å². The van der Waals surface area contributed by atoms with Crippen molar-refractivity contribution in [3.05, 3.63) is 30.0 Å². The molecular formula is C12H15N3O2. The van der Waals surface area contributed by atoms with E-state index in [1.165, 1.54) is 7.11 Å². The van der Waals surface area contributed by atoms with Crippen LogP contribution < -0.4 is 5.73 Å². The molecule has 0 fully saturated rings. The fourth-order valence-electron chi connectivity index (χ4n) is 1.81. The third-order valence-electron chi connectivity index (χ3n) is 2.74. The highest BCUT2D eigenvalue weighted by Gasteiger charge is 2.31. The molecule has 5 heteroatoms. The third-order valence-corrected chi connectivity index (χ3v) is 2.74. The van der Waals surface area contributed by atoms with Crippen LogP contribution in [0.15, 0.2) is 24.3 Å². The molecule has 90 valence electrons. The molecular weight excluding hydrogens is 218 g/mol. The Bertz CT molecular complexity index is 545. The summed E-state index contributed by atoms with van der Waals surface area (Å²) in [5.74, 6) is -0.440. The minimum atomic E-state index is -1.06. The summed E-state index contributed by atoms with van der Waals surface area (Å²) in [5, 5.41) is 8.07. The van der Waals surface area contributed by atoms with Gasteiger partial charge in [-0.15, -0.1) is 0 Å². The minimum absolute atomic E-state index is 0.337. The lowest BCUT2D eigenvalue weighted by Gasteiger charge is -2.20. The van der Waals surface area contributed by atoms with Gasteiger partial charge >= 0.3 is 5.97 Å². The van der Waals surface area contributed by atoms with Gasteiger partial charge in [0.25, 0.3) is 0 Å². The number of carbonyl (C=O) groups excluding carboxylic acids is 1. The Morgan fingerprint density at radius 3 is 2.94 bits per heavy atom. The minimum Gasteiger partial charge on any atom is -0.468 e. The van der Waals surface area contributed by atoms with Gasteiger partial charge in [-0.2, -0.15) is 5.10 Å². The van der Waals surface area contributed by atoms with Crippen LogP contribution in [0.1, 0.15) is 12.6 Å². The van der Waals surface area contributed by atoms with Gasteiger partial charge in [-0.3, -0.25) is 9.89 Å². The molecule has 0 amide bonds. The number of benzene rings is 1. The van der Waals surface area contributed by atoms with Crippen LogP contribution >= 0.6 is 0 Å². The highest BCUT2D eigenvalue weighted by Crippen LogP contribution is 2.19. The maximum absolute atomic E-state index is 11.5. The van der Waals surface area contributed by atoms with Crippen LogP contribution in [-0.4, -0.2) is 28.8 Å². The Labute approximate surface area is 98.9 Å². The average Bonchev–Trinajstić information content (AvgIpc) is 2.71. The Morgan fingerprint density at radius 1 is 1.53 bits per heavy atom. The molecule has 1 aromatic heterocycles. The zero-order valence-electron chi connectivity index (χ0n) is 9.86. The highest BCUT2D eigenvalue weighted by molar-refractivity contribution is 5.84. The van der Waals surface area contributed by atoms with E-state index in [1.807, 2.05) is 24.3 Å². The molecule has 1 unspecified atom stereocenters. The van der Waals surface area contributed by atoms with Crippen LogP contribution in [0.5, 0.6) is 0 Å². The molecule has 1 atom stereocenters. The van der Waals surface area contributed by atoms with Gasteiger partial charge in [-0.05, 0) is 13.0 Å². The number of hydrogen-bond acceptors (Lipinski definition) is 4. The van der Waals surface area contributed by atoms with Crippen LogP contribution in [0.3, 0.4) is 0 Å². The second kappa shape index (κ2) is 4.18. The van der Waals surface area contributed by atoms with Crippen LogP contribution in [0.25, 0.3) is 10.9 Å². The first kappa shape index (κ1) is 11.6. The largest absolute Gasteiger partial charge is 0.468 e. The van der Waals surface area contributed by atoms with Crippen molar-refractivity contribution in [1.82, 2.24) is 10.2 Å². The fraction of sp³-hybridized carbons (Fsp3) is 0.333. The number of methoxy groups -OCH3 is 1. The lowest BCUT2D eigenvalue weighted by Crippen LogP contribution is -2.47. The lowest BCUT2D eigenvalue weighted by atomic mass is 9.96. The van der Waals surface area contributed by atoms with Gasteiger partial charge < -0.3 is 10.5 Å². The molecule has 0 radical (unpaired) electrons. The van der Waals surface area contributed by atoms with Gasteiger partial charge in [0.1, 0.15) is 5.54 Å². The summed E-state index contributed by atoms with van der Waals surface area (Å²) in [4.78, 5) is 11.5. The third kappa shape index (κ3) is 2.14. The number of rotatable bonds is 3. The number of ether oxygens (including phenoxy) is 1. The standard InChI is InChI=1S/C12H15N3O2/c1-12(13,11(16)17-2)7-10-8-5-3-4-6-9(8)14-15-10/h3-6H,7,13H2,1-2H3,(H,14,15). The zero-order valence-corrected chi connectivity index (χ0v) is 9.86. The smallest absolute Gasteiger partial charge is 0.325 e. The van der Waals surface area contributed by atoms with Gasteiger partial charge in [0.05, 0.1) is 18.3 Å². The quantitative estimate of drug-likeness (QED) is 0.775. The summed E-state index contributed by atoms with van der Waals surface area (Å²) in [7, 11) is 1.33. The van der Waals surface area contributed by atoms with E-state index in [-0.39, 0.29) is 0 Å². The second-order valence-electron chi connectivity index (χ2n) is 4.30. The number of fused-ring (bicyclic) bond motifs is 1. The van der Waals surface area contributed by atoms with E-state index in [0.717, 1.165) is 16.6 Å². The predicted molar refractivity (Wildman–Crippen MR) is 64.4 cm³/mol. The number of nitrogens with one attached hydrogen (secondary N) is 1. The fourth-order valence-corrected chi connectivity index (χ4v) is 1.81.